The lowest BCUT2D eigenvalue weighted by Crippen LogP contribution is -2.08. The van der Waals surface area contributed by atoms with Gasteiger partial charge in [0.25, 0.3) is 0 Å². The van der Waals surface area contributed by atoms with E-state index in [1.165, 1.54) is 12.1 Å². The monoisotopic (exact) mass is 232 g/mol. The van der Waals surface area contributed by atoms with Gasteiger partial charge in [0.1, 0.15) is 5.82 Å². The van der Waals surface area contributed by atoms with Crippen molar-refractivity contribution in [1.82, 2.24) is 15.0 Å². The van der Waals surface area contributed by atoms with E-state index in [9.17, 15) is 4.39 Å². The molecule has 0 atom stereocenters. The van der Waals surface area contributed by atoms with Gasteiger partial charge in [-0.1, -0.05) is 5.21 Å². The third-order valence-corrected chi connectivity index (χ3v) is 3.02. The Kier molecular flexibility index (Phi) is 2.40. The van der Waals surface area contributed by atoms with E-state index in [2.05, 4.69) is 10.3 Å². The zero-order valence-electron chi connectivity index (χ0n) is 9.31. The molecule has 5 heteroatoms. The Labute approximate surface area is 98.2 Å². The van der Waals surface area contributed by atoms with Gasteiger partial charge in [0.15, 0.2) is 0 Å². The molecule has 2 N–H and O–H groups in total. The molecule has 0 saturated heterocycles. The third-order valence-electron chi connectivity index (χ3n) is 3.02. The summed E-state index contributed by atoms with van der Waals surface area (Å²) in [7, 11) is 0. The highest BCUT2D eigenvalue weighted by Crippen LogP contribution is 2.40. The molecular weight excluding hydrogens is 219 g/mol. The Balaban J connectivity index is 2.04. The van der Waals surface area contributed by atoms with Crippen molar-refractivity contribution in [2.75, 3.05) is 0 Å². The summed E-state index contributed by atoms with van der Waals surface area (Å²) in [4.78, 5) is 0. The molecule has 2 aromatic rings. The van der Waals surface area contributed by atoms with E-state index in [1.807, 2.05) is 0 Å². The Morgan fingerprint density at radius 2 is 2.00 bits per heavy atom. The average molecular weight is 232 g/mol. The number of hydrogen-bond acceptors (Lipinski definition) is 3. The van der Waals surface area contributed by atoms with E-state index in [0.717, 1.165) is 29.9 Å². The lowest BCUT2D eigenvalue weighted by atomic mass is 10.2. The predicted molar refractivity (Wildman–Crippen MR) is 61.2 cm³/mol. The molecule has 0 radical (unpaired) electrons. The van der Waals surface area contributed by atoms with Gasteiger partial charge in [0, 0.05) is 12.5 Å². The highest BCUT2D eigenvalue weighted by molar-refractivity contribution is 5.35. The molecule has 88 valence electrons. The number of aromatic nitrogens is 3. The molecule has 1 fully saturated rings. The summed E-state index contributed by atoms with van der Waals surface area (Å²) >= 11 is 0. The quantitative estimate of drug-likeness (QED) is 0.877. The molecule has 0 amide bonds. The molecule has 0 unspecified atom stereocenters. The second kappa shape index (κ2) is 3.92. The van der Waals surface area contributed by atoms with E-state index in [1.54, 1.807) is 16.8 Å². The summed E-state index contributed by atoms with van der Waals surface area (Å²) < 4.78 is 14.6. The second-order valence-electron chi connectivity index (χ2n) is 4.29. The van der Waals surface area contributed by atoms with Gasteiger partial charge in [-0.05, 0) is 37.1 Å². The van der Waals surface area contributed by atoms with E-state index in [0.29, 0.717) is 12.5 Å². The van der Waals surface area contributed by atoms with E-state index < -0.39 is 0 Å². The minimum absolute atomic E-state index is 0.259. The van der Waals surface area contributed by atoms with Crippen molar-refractivity contribution in [1.29, 1.82) is 0 Å². The van der Waals surface area contributed by atoms with Gasteiger partial charge in [-0.3, -0.25) is 0 Å². The summed E-state index contributed by atoms with van der Waals surface area (Å²) in [5, 5.41) is 8.30. The summed E-state index contributed by atoms with van der Waals surface area (Å²) in [6, 6.07) is 6.18. The van der Waals surface area contributed by atoms with Crippen LogP contribution in [0.3, 0.4) is 0 Å². The highest BCUT2D eigenvalue weighted by Gasteiger charge is 2.30. The van der Waals surface area contributed by atoms with E-state index >= 15 is 0 Å². The fraction of sp³-hybridized carbons (Fsp3) is 0.333. The van der Waals surface area contributed by atoms with Crippen molar-refractivity contribution < 1.29 is 4.39 Å². The number of halogens is 1. The highest BCUT2D eigenvalue weighted by atomic mass is 19.1. The Bertz CT molecular complexity index is 528. The minimum Gasteiger partial charge on any atom is -0.325 e. The fourth-order valence-electron chi connectivity index (χ4n) is 1.97. The SMILES string of the molecule is NCc1c(C2CC2)nnn1-c1ccc(F)cc1. The summed E-state index contributed by atoms with van der Waals surface area (Å²) in [6.45, 7) is 0.399. The molecule has 4 nitrogen and oxygen atoms in total. The smallest absolute Gasteiger partial charge is 0.123 e. The molecule has 17 heavy (non-hydrogen) atoms. The fourth-order valence-corrected chi connectivity index (χ4v) is 1.97. The van der Waals surface area contributed by atoms with E-state index in [-0.39, 0.29) is 5.82 Å². The number of nitrogens with zero attached hydrogens (tertiary/aromatic N) is 3. The second-order valence-corrected chi connectivity index (χ2v) is 4.29. The van der Waals surface area contributed by atoms with Crippen LogP contribution < -0.4 is 5.73 Å². The van der Waals surface area contributed by atoms with Crippen LogP contribution in [-0.4, -0.2) is 15.0 Å². The molecule has 0 aliphatic heterocycles. The average Bonchev–Trinajstić information content (AvgIpc) is 3.10. The summed E-state index contributed by atoms with van der Waals surface area (Å²) in [6.07, 6.45) is 2.32. The molecule has 3 rings (SSSR count). The van der Waals surface area contributed by atoms with Gasteiger partial charge in [0.2, 0.25) is 0 Å². The topological polar surface area (TPSA) is 56.7 Å². The zero-order chi connectivity index (χ0) is 11.8. The zero-order valence-corrected chi connectivity index (χ0v) is 9.31. The van der Waals surface area contributed by atoms with Crippen LogP contribution in [0.2, 0.25) is 0 Å². The number of rotatable bonds is 3. The Morgan fingerprint density at radius 1 is 1.29 bits per heavy atom. The van der Waals surface area contributed by atoms with Crippen LogP contribution in [-0.2, 0) is 6.54 Å². The lowest BCUT2D eigenvalue weighted by Gasteiger charge is -2.05. The van der Waals surface area contributed by atoms with Gasteiger partial charge >= 0.3 is 0 Å². The van der Waals surface area contributed by atoms with Crippen molar-refractivity contribution >= 4 is 0 Å². The van der Waals surface area contributed by atoms with Crippen LogP contribution in [0, 0.1) is 5.82 Å². The molecule has 0 spiro atoms. The van der Waals surface area contributed by atoms with Crippen molar-refractivity contribution in [3.63, 3.8) is 0 Å². The van der Waals surface area contributed by atoms with Gasteiger partial charge < -0.3 is 5.73 Å². The standard InChI is InChI=1S/C12H13FN4/c13-9-3-5-10(6-4-9)17-11(7-14)12(15-16-17)8-1-2-8/h3-6,8H,1-2,7,14H2. The first-order valence-electron chi connectivity index (χ1n) is 5.70. The van der Waals surface area contributed by atoms with Crippen LogP contribution >= 0.6 is 0 Å². The molecule has 1 aliphatic rings. The lowest BCUT2D eigenvalue weighted by molar-refractivity contribution is 0.626. The van der Waals surface area contributed by atoms with Crippen molar-refractivity contribution in [2.24, 2.45) is 5.73 Å². The van der Waals surface area contributed by atoms with E-state index in [4.69, 9.17) is 5.73 Å². The molecule has 1 saturated carbocycles. The Hall–Kier alpha value is -1.75. The van der Waals surface area contributed by atoms with Crippen LogP contribution in [0.25, 0.3) is 5.69 Å². The maximum atomic E-state index is 12.9. The van der Waals surface area contributed by atoms with Gasteiger partial charge in [0.05, 0.1) is 17.1 Å². The Morgan fingerprint density at radius 3 is 2.59 bits per heavy atom. The first kappa shape index (κ1) is 10.4. The van der Waals surface area contributed by atoms with Gasteiger partial charge in [-0.2, -0.15) is 0 Å². The number of benzene rings is 1. The van der Waals surface area contributed by atoms with Crippen LogP contribution in [0.15, 0.2) is 24.3 Å². The first-order valence-corrected chi connectivity index (χ1v) is 5.70. The van der Waals surface area contributed by atoms with Crippen LogP contribution in [0.1, 0.15) is 30.1 Å². The van der Waals surface area contributed by atoms with Crippen LogP contribution in [0.4, 0.5) is 4.39 Å². The summed E-state index contributed by atoms with van der Waals surface area (Å²) in [5.74, 6) is 0.258. The summed E-state index contributed by atoms with van der Waals surface area (Å²) in [5.41, 5.74) is 8.48. The van der Waals surface area contributed by atoms with Crippen molar-refractivity contribution in [2.45, 2.75) is 25.3 Å². The third kappa shape index (κ3) is 1.82. The number of nitrogens with two attached hydrogens (primary N) is 1. The van der Waals surface area contributed by atoms with Crippen LogP contribution in [0.5, 0.6) is 0 Å². The maximum absolute atomic E-state index is 12.9. The largest absolute Gasteiger partial charge is 0.325 e. The maximum Gasteiger partial charge on any atom is 0.123 e. The normalized spacial score (nSPS) is 15.2. The molecular formula is C12H13FN4. The number of hydrogen-bond donors (Lipinski definition) is 1. The van der Waals surface area contributed by atoms with Gasteiger partial charge in [-0.15, -0.1) is 5.10 Å². The van der Waals surface area contributed by atoms with Gasteiger partial charge in [-0.25, -0.2) is 9.07 Å². The molecule has 1 aromatic carbocycles. The van der Waals surface area contributed by atoms with Crippen molar-refractivity contribution in [3.8, 4) is 5.69 Å². The van der Waals surface area contributed by atoms with Crippen molar-refractivity contribution in [3.05, 3.63) is 41.5 Å². The molecule has 0 bridgehead atoms. The molecule has 1 aromatic heterocycles. The molecule has 1 aliphatic carbocycles. The first-order chi connectivity index (χ1) is 8.29. The predicted octanol–water partition coefficient (Wildman–Crippen LogP) is 1.74. The minimum atomic E-state index is -0.259. The molecule has 1 heterocycles.